The van der Waals surface area contributed by atoms with Gasteiger partial charge in [-0.25, -0.2) is 0 Å². The molecule has 1 aromatic rings. The molecule has 224 valence electrons. The molecule has 4 unspecified atom stereocenters. The Morgan fingerprint density at radius 3 is 2.44 bits per heavy atom. The fraction of sp³-hybridized carbons (Fsp3) is 0.594. The highest BCUT2D eigenvalue weighted by Crippen LogP contribution is 2.68. The number of hydrogen-bond acceptors (Lipinski definition) is 5. The zero-order chi connectivity index (χ0) is 29.9. The van der Waals surface area contributed by atoms with Crippen LogP contribution in [0.5, 0.6) is 0 Å². The summed E-state index contributed by atoms with van der Waals surface area (Å²) in [5.41, 5.74) is 0.770. The number of amides is 3. The van der Waals surface area contributed by atoms with Crippen LogP contribution in [0.15, 0.2) is 55.6 Å². The number of alkyl halides is 1. The molecule has 0 saturated carbocycles. The number of thioether (sulfide) groups is 1. The van der Waals surface area contributed by atoms with Gasteiger partial charge < -0.3 is 19.8 Å². The molecule has 41 heavy (non-hydrogen) atoms. The average Bonchev–Trinajstić information content (AvgIpc) is 3.55. The summed E-state index contributed by atoms with van der Waals surface area (Å²) in [4.78, 5) is 48.9. The van der Waals surface area contributed by atoms with Gasteiger partial charge in [0.05, 0.1) is 29.2 Å². The maximum Gasteiger partial charge on any atom is 0.247 e. The number of carbonyl (C=O) groups excluding carboxylic acids is 3. The normalized spacial score (nSPS) is 29.6. The molecule has 7 nitrogen and oxygen atoms in total. The van der Waals surface area contributed by atoms with Crippen LogP contribution in [0.25, 0.3) is 0 Å². The Bertz CT molecular complexity index is 1140. The second-order valence-electron chi connectivity index (χ2n) is 11.5. The summed E-state index contributed by atoms with van der Waals surface area (Å²) in [6, 6.07) is 7.85. The third-order valence-corrected chi connectivity index (χ3v) is 12.2. The Morgan fingerprint density at radius 1 is 1.17 bits per heavy atom. The number of benzene rings is 1. The molecule has 1 N–H and O–H groups in total. The summed E-state index contributed by atoms with van der Waals surface area (Å²) in [5, 5.41) is 10.6. The molecule has 0 aliphatic carbocycles. The molecular weight excluding hydrogens is 602 g/mol. The molecule has 0 radical (unpaired) electrons. The number of fused-ring (bicyclic) bond motifs is 1. The molecule has 3 saturated heterocycles. The minimum absolute atomic E-state index is 0.0156. The van der Waals surface area contributed by atoms with Crippen molar-refractivity contribution >= 4 is 45.4 Å². The number of likely N-dealkylation sites (tertiary alicyclic amines) is 1. The standard InChI is InChI=1S/C32H44BrN3O4S/c1-6-13-21(5)35(18-9-4)31(40)28-32-19-23(33)27(41-32)25(29(38)34(16-7-2)17-8-3)26(32)30(39)36(28)24(20-37)22-14-11-10-12-15-22/h7,9-12,14-15,21,23-28,37H,2,4,6,8,13,16-20H2,1,3,5H3/t21?,23?,24-,25-,26+,27-,28?,32?/m1/s1. The fourth-order valence-corrected chi connectivity index (χ4v) is 10.9. The first-order chi connectivity index (χ1) is 19.7. The van der Waals surface area contributed by atoms with E-state index in [9.17, 15) is 19.5 Å². The molecular formula is C32H44BrN3O4S. The molecule has 2 bridgehead atoms. The molecule has 1 aromatic carbocycles. The van der Waals surface area contributed by atoms with Gasteiger partial charge in [0.25, 0.3) is 0 Å². The highest BCUT2D eigenvalue weighted by Gasteiger charge is 2.76. The van der Waals surface area contributed by atoms with Crippen LogP contribution in [0.2, 0.25) is 0 Å². The molecule has 4 rings (SSSR count). The maximum absolute atomic E-state index is 14.8. The molecule has 0 aromatic heterocycles. The van der Waals surface area contributed by atoms with Gasteiger partial charge in [0.15, 0.2) is 0 Å². The molecule has 3 amide bonds. The van der Waals surface area contributed by atoms with E-state index in [1.54, 1.807) is 33.7 Å². The third-order valence-electron chi connectivity index (χ3n) is 8.94. The second-order valence-corrected chi connectivity index (χ2v) is 14.2. The van der Waals surface area contributed by atoms with Crippen LogP contribution in [0.3, 0.4) is 0 Å². The van der Waals surface area contributed by atoms with Crippen molar-refractivity contribution in [1.82, 2.24) is 14.7 Å². The summed E-state index contributed by atoms with van der Waals surface area (Å²) in [6.45, 7) is 15.0. The van der Waals surface area contributed by atoms with Gasteiger partial charge in [-0.1, -0.05) is 78.7 Å². The van der Waals surface area contributed by atoms with E-state index in [2.05, 4.69) is 36.0 Å². The lowest BCUT2D eigenvalue weighted by molar-refractivity contribution is -0.147. The van der Waals surface area contributed by atoms with Gasteiger partial charge in [-0.15, -0.1) is 24.9 Å². The first kappa shape index (κ1) is 31.8. The molecule has 3 aliphatic heterocycles. The van der Waals surface area contributed by atoms with E-state index in [0.29, 0.717) is 26.1 Å². The number of rotatable bonds is 14. The monoisotopic (exact) mass is 645 g/mol. The summed E-state index contributed by atoms with van der Waals surface area (Å²) in [7, 11) is 0. The fourth-order valence-electron chi connectivity index (χ4n) is 7.28. The van der Waals surface area contributed by atoms with E-state index in [1.165, 1.54) is 0 Å². The summed E-state index contributed by atoms with van der Waals surface area (Å²) >= 11 is 5.51. The van der Waals surface area contributed by atoms with Gasteiger partial charge in [-0.3, -0.25) is 14.4 Å². The van der Waals surface area contributed by atoms with Crippen molar-refractivity contribution in [3.05, 3.63) is 61.2 Å². The smallest absolute Gasteiger partial charge is 0.247 e. The predicted octanol–water partition coefficient (Wildman–Crippen LogP) is 4.81. The minimum Gasteiger partial charge on any atom is -0.394 e. The maximum atomic E-state index is 14.8. The molecule has 3 heterocycles. The molecule has 3 fully saturated rings. The molecule has 1 spiro atoms. The van der Waals surface area contributed by atoms with Gasteiger partial charge in [-0.2, -0.15) is 0 Å². The molecule has 3 aliphatic rings. The van der Waals surface area contributed by atoms with Crippen LogP contribution in [0.1, 0.15) is 58.1 Å². The first-order valence-corrected chi connectivity index (χ1v) is 16.6. The summed E-state index contributed by atoms with van der Waals surface area (Å²) < 4.78 is -0.785. The van der Waals surface area contributed by atoms with Crippen LogP contribution in [0.4, 0.5) is 0 Å². The van der Waals surface area contributed by atoms with Crippen molar-refractivity contribution < 1.29 is 19.5 Å². The Morgan fingerprint density at radius 2 is 1.85 bits per heavy atom. The van der Waals surface area contributed by atoms with Crippen molar-refractivity contribution in [3.63, 3.8) is 0 Å². The topological polar surface area (TPSA) is 81.2 Å². The Hall–Kier alpha value is -2.10. The predicted molar refractivity (Wildman–Crippen MR) is 169 cm³/mol. The largest absolute Gasteiger partial charge is 0.394 e. The van der Waals surface area contributed by atoms with Gasteiger partial charge in [0.1, 0.15) is 6.04 Å². The highest BCUT2D eigenvalue weighted by molar-refractivity contribution is 9.09. The number of hydrogen-bond donors (Lipinski definition) is 1. The molecule has 9 heteroatoms. The van der Waals surface area contributed by atoms with Crippen LogP contribution in [0, 0.1) is 11.8 Å². The van der Waals surface area contributed by atoms with E-state index in [1.807, 2.05) is 49.1 Å². The number of aliphatic hydroxyl groups excluding tert-OH is 1. The number of halogens is 1. The Labute approximate surface area is 257 Å². The van der Waals surface area contributed by atoms with Crippen molar-refractivity contribution in [2.75, 3.05) is 26.2 Å². The summed E-state index contributed by atoms with van der Waals surface area (Å²) in [5.74, 6) is -1.61. The molecule has 8 atom stereocenters. The third kappa shape index (κ3) is 5.54. The van der Waals surface area contributed by atoms with Crippen molar-refractivity contribution in [2.24, 2.45) is 11.8 Å². The van der Waals surface area contributed by atoms with Crippen LogP contribution >= 0.6 is 27.7 Å². The van der Waals surface area contributed by atoms with Crippen molar-refractivity contribution in [2.45, 2.75) is 79.4 Å². The van der Waals surface area contributed by atoms with Gasteiger partial charge >= 0.3 is 0 Å². The van der Waals surface area contributed by atoms with Gasteiger partial charge in [0, 0.05) is 35.8 Å². The number of nitrogens with zero attached hydrogens (tertiary/aromatic N) is 3. The number of aliphatic hydroxyl groups is 1. The SMILES string of the molecule is C=CCN(CCC)C(=O)[C@H]1[C@@H]2SC3(CC2Br)C(C(=O)N(CC=C)C(C)CCC)N([C@H](CO)c2ccccc2)C(=O)[C@H]13. The Balaban J connectivity index is 1.87. The van der Waals surface area contributed by atoms with Crippen LogP contribution in [-0.4, -0.2) is 90.7 Å². The van der Waals surface area contributed by atoms with Crippen molar-refractivity contribution in [3.8, 4) is 0 Å². The van der Waals surface area contributed by atoms with Crippen molar-refractivity contribution in [1.29, 1.82) is 0 Å². The van der Waals surface area contributed by atoms with Gasteiger partial charge in [-0.05, 0) is 31.7 Å². The first-order valence-electron chi connectivity index (χ1n) is 14.8. The Kier molecular flexibility index (Phi) is 10.5. The highest BCUT2D eigenvalue weighted by atomic mass is 79.9. The lowest BCUT2D eigenvalue weighted by Crippen LogP contribution is -2.58. The van der Waals surface area contributed by atoms with E-state index in [4.69, 9.17) is 0 Å². The lowest BCUT2D eigenvalue weighted by Gasteiger charge is -2.41. The zero-order valence-corrected chi connectivity index (χ0v) is 26.9. The average molecular weight is 647 g/mol. The van der Waals surface area contributed by atoms with E-state index < -0.39 is 28.7 Å². The zero-order valence-electron chi connectivity index (χ0n) is 24.5. The quantitative estimate of drug-likeness (QED) is 0.232. The number of carbonyl (C=O) groups is 3. The van der Waals surface area contributed by atoms with E-state index in [-0.39, 0.29) is 40.4 Å². The van der Waals surface area contributed by atoms with Crippen LogP contribution in [-0.2, 0) is 14.4 Å². The lowest BCUT2D eigenvalue weighted by atomic mass is 9.70. The van der Waals surface area contributed by atoms with E-state index in [0.717, 1.165) is 24.8 Å². The second kappa shape index (κ2) is 13.5. The van der Waals surface area contributed by atoms with E-state index >= 15 is 0 Å². The minimum atomic E-state index is -0.816. The van der Waals surface area contributed by atoms with Crippen LogP contribution < -0.4 is 0 Å². The summed E-state index contributed by atoms with van der Waals surface area (Å²) in [6.07, 6.45) is 6.60. The van der Waals surface area contributed by atoms with Gasteiger partial charge in [0.2, 0.25) is 17.7 Å².